The van der Waals surface area contributed by atoms with Crippen molar-refractivity contribution in [2.75, 3.05) is 0 Å². The van der Waals surface area contributed by atoms with E-state index in [9.17, 15) is 4.39 Å². The van der Waals surface area contributed by atoms with E-state index in [1.807, 2.05) is 17.7 Å². The van der Waals surface area contributed by atoms with Crippen molar-refractivity contribution in [3.8, 4) is 0 Å². The van der Waals surface area contributed by atoms with E-state index in [0.717, 1.165) is 17.8 Å². The first-order valence-corrected chi connectivity index (χ1v) is 7.49. The highest BCUT2D eigenvalue weighted by Gasteiger charge is 2.19. The van der Waals surface area contributed by atoms with Gasteiger partial charge >= 0.3 is 0 Å². The summed E-state index contributed by atoms with van der Waals surface area (Å²) in [6.07, 6.45) is 0. The average Bonchev–Trinajstić information content (AvgIpc) is 2.73. The van der Waals surface area contributed by atoms with Crippen molar-refractivity contribution >= 4 is 0 Å². The molecule has 0 aliphatic rings. The number of nitrogens with one attached hydrogen (secondary N) is 1. The zero-order valence-electron chi connectivity index (χ0n) is 13.4. The Morgan fingerprint density at radius 1 is 1.24 bits per heavy atom. The Bertz CT molecular complexity index is 618. The van der Waals surface area contributed by atoms with Gasteiger partial charge in [-0.1, -0.05) is 12.1 Å². The summed E-state index contributed by atoms with van der Waals surface area (Å²) in [5.74, 6) is -0.194. The Hall–Kier alpha value is -1.68. The molecule has 0 aliphatic heterocycles. The molecule has 0 amide bonds. The lowest BCUT2D eigenvalue weighted by Gasteiger charge is -2.21. The molecule has 1 unspecified atom stereocenters. The van der Waals surface area contributed by atoms with E-state index in [-0.39, 0.29) is 17.9 Å². The lowest BCUT2D eigenvalue weighted by molar-refractivity contribution is 0.488. The normalized spacial score (nSPS) is 14.2. The Kier molecular flexibility index (Phi) is 4.78. The Balaban J connectivity index is 2.18. The summed E-state index contributed by atoms with van der Waals surface area (Å²) in [7, 11) is 0. The SMILES string of the molecule is CCn1nc(C)c(C(C)N[C@@H](C)c2cccc(F)c2)c1C. The standard InChI is InChI=1S/C17H24FN3/c1-6-21-14(5)17(13(4)20-21)12(3)19-11(2)15-8-7-9-16(18)10-15/h7-12,19H,6H2,1-5H3/t11-,12?/m0/s1. The van der Waals surface area contributed by atoms with Gasteiger partial charge in [0, 0.05) is 29.9 Å². The van der Waals surface area contributed by atoms with Crippen LogP contribution in [-0.2, 0) is 6.54 Å². The third kappa shape index (κ3) is 3.32. The van der Waals surface area contributed by atoms with Crippen LogP contribution in [0.5, 0.6) is 0 Å². The van der Waals surface area contributed by atoms with E-state index < -0.39 is 0 Å². The second-order valence-electron chi connectivity index (χ2n) is 5.57. The van der Waals surface area contributed by atoms with Gasteiger partial charge in [0.15, 0.2) is 0 Å². The van der Waals surface area contributed by atoms with Gasteiger partial charge in [0.05, 0.1) is 5.69 Å². The maximum Gasteiger partial charge on any atom is 0.123 e. The summed E-state index contributed by atoms with van der Waals surface area (Å²) >= 11 is 0. The van der Waals surface area contributed by atoms with E-state index in [1.165, 1.54) is 17.3 Å². The number of hydrogen-bond acceptors (Lipinski definition) is 2. The minimum Gasteiger partial charge on any atom is -0.304 e. The van der Waals surface area contributed by atoms with Crippen molar-refractivity contribution in [2.24, 2.45) is 0 Å². The number of benzene rings is 1. The zero-order chi connectivity index (χ0) is 15.6. The summed E-state index contributed by atoms with van der Waals surface area (Å²) in [4.78, 5) is 0. The number of aromatic nitrogens is 2. The van der Waals surface area contributed by atoms with Crippen LogP contribution in [0.15, 0.2) is 24.3 Å². The molecule has 0 fully saturated rings. The van der Waals surface area contributed by atoms with Crippen LogP contribution in [0.25, 0.3) is 0 Å². The van der Waals surface area contributed by atoms with Crippen molar-refractivity contribution < 1.29 is 4.39 Å². The summed E-state index contributed by atoms with van der Waals surface area (Å²) < 4.78 is 15.3. The topological polar surface area (TPSA) is 29.9 Å². The smallest absolute Gasteiger partial charge is 0.123 e. The monoisotopic (exact) mass is 289 g/mol. The third-order valence-electron chi connectivity index (χ3n) is 4.02. The molecule has 114 valence electrons. The molecule has 4 heteroatoms. The first-order chi connectivity index (χ1) is 9.93. The molecule has 2 rings (SSSR count). The predicted molar refractivity (Wildman–Crippen MR) is 83.7 cm³/mol. The van der Waals surface area contributed by atoms with Crippen molar-refractivity contribution in [3.63, 3.8) is 0 Å². The van der Waals surface area contributed by atoms with Crippen molar-refractivity contribution in [1.82, 2.24) is 15.1 Å². The molecule has 0 radical (unpaired) electrons. The van der Waals surface area contributed by atoms with Gasteiger partial charge in [0.1, 0.15) is 5.82 Å². The average molecular weight is 289 g/mol. The van der Waals surface area contributed by atoms with Crippen LogP contribution >= 0.6 is 0 Å². The van der Waals surface area contributed by atoms with Crippen LogP contribution in [-0.4, -0.2) is 9.78 Å². The third-order valence-corrected chi connectivity index (χ3v) is 4.02. The molecule has 1 aromatic carbocycles. The molecular formula is C17H24FN3. The molecule has 2 aromatic rings. The van der Waals surface area contributed by atoms with E-state index in [2.05, 4.69) is 38.1 Å². The first-order valence-electron chi connectivity index (χ1n) is 7.49. The first kappa shape index (κ1) is 15.7. The lowest BCUT2D eigenvalue weighted by Crippen LogP contribution is -2.23. The van der Waals surface area contributed by atoms with Crippen molar-refractivity contribution in [3.05, 3.63) is 52.6 Å². The van der Waals surface area contributed by atoms with Crippen LogP contribution in [0, 0.1) is 19.7 Å². The molecule has 1 heterocycles. The largest absolute Gasteiger partial charge is 0.304 e. The summed E-state index contributed by atoms with van der Waals surface area (Å²) in [6.45, 7) is 11.3. The van der Waals surface area contributed by atoms with E-state index >= 15 is 0 Å². The fourth-order valence-electron chi connectivity index (χ4n) is 2.98. The van der Waals surface area contributed by atoms with Crippen LogP contribution in [0.1, 0.15) is 55.4 Å². The zero-order valence-corrected chi connectivity index (χ0v) is 13.4. The van der Waals surface area contributed by atoms with Crippen molar-refractivity contribution in [2.45, 2.75) is 53.2 Å². The number of aryl methyl sites for hydroxylation is 2. The number of hydrogen-bond donors (Lipinski definition) is 1. The Labute approximate surface area is 126 Å². The van der Waals surface area contributed by atoms with Gasteiger partial charge in [-0.2, -0.15) is 5.10 Å². The minimum atomic E-state index is -0.194. The number of nitrogens with zero attached hydrogens (tertiary/aromatic N) is 2. The maximum absolute atomic E-state index is 13.3. The predicted octanol–water partition coefficient (Wildman–Crippen LogP) is 4.07. The van der Waals surface area contributed by atoms with Crippen LogP contribution in [0.2, 0.25) is 0 Å². The van der Waals surface area contributed by atoms with E-state index in [4.69, 9.17) is 0 Å². The second kappa shape index (κ2) is 6.39. The second-order valence-corrected chi connectivity index (χ2v) is 5.57. The molecule has 1 N–H and O–H groups in total. The lowest BCUT2D eigenvalue weighted by atomic mass is 10.0. The number of rotatable bonds is 5. The fraction of sp³-hybridized carbons (Fsp3) is 0.471. The van der Waals surface area contributed by atoms with Gasteiger partial charge in [0.25, 0.3) is 0 Å². The molecule has 0 aliphatic carbocycles. The van der Waals surface area contributed by atoms with Gasteiger partial charge < -0.3 is 5.32 Å². The number of halogens is 1. The van der Waals surface area contributed by atoms with Crippen LogP contribution < -0.4 is 5.32 Å². The summed E-state index contributed by atoms with van der Waals surface area (Å²) in [6, 6.07) is 7.00. The van der Waals surface area contributed by atoms with E-state index in [1.54, 1.807) is 12.1 Å². The van der Waals surface area contributed by atoms with Crippen LogP contribution in [0.4, 0.5) is 4.39 Å². The quantitative estimate of drug-likeness (QED) is 0.899. The molecule has 0 saturated carbocycles. The highest BCUT2D eigenvalue weighted by molar-refractivity contribution is 5.28. The van der Waals surface area contributed by atoms with Crippen LogP contribution in [0.3, 0.4) is 0 Å². The highest BCUT2D eigenvalue weighted by atomic mass is 19.1. The molecule has 0 spiro atoms. The molecule has 1 aromatic heterocycles. The van der Waals surface area contributed by atoms with E-state index in [0.29, 0.717) is 0 Å². The van der Waals surface area contributed by atoms with Gasteiger partial charge in [-0.3, -0.25) is 4.68 Å². The molecule has 21 heavy (non-hydrogen) atoms. The van der Waals surface area contributed by atoms with Crippen molar-refractivity contribution in [1.29, 1.82) is 0 Å². The van der Waals surface area contributed by atoms with Gasteiger partial charge in [0.2, 0.25) is 0 Å². The van der Waals surface area contributed by atoms with Gasteiger partial charge in [-0.25, -0.2) is 4.39 Å². The molecule has 3 nitrogen and oxygen atoms in total. The molecule has 2 atom stereocenters. The molecule has 0 bridgehead atoms. The minimum absolute atomic E-state index is 0.0828. The molecule has 0 saturated heterocycles. The summed E-state index contributed by atoms with van der Waals surface area (Å²) in [5.41, 5.74) is 4.45. The fourth-order valence-corrected chi connectivity index (χ4v) is 2.98. The Morgan fingerprint density at radius 3 is 2.52 bits per heavy atom. The van der Waals surface area contributed by atoms with Gasteiger partial charge in [-0.15, -0.1) is 0 Å². The van der Waals surface area contributed by atoms with Gasteiger partial charge in [-0.05, 0) is 52.3 Å². The molecular weight excluding hydrogens is 265 g/mol. The maximum atomic E-state index is 13.3. The summed E-state index contributed by atoms with van der Waals surface area (Å²) in [5, 5.41) is 8.10. The highest BCUT2D eigenvalue weighted by Crippen LogP contribution is 2.24. The Morgan fingerprint density at radius 2 is 1.95 bits per heavy atom.